The van der Waals surface area contributed by atoms with Crippen LogP contribution in [0.4, 0.5) is 0 Å². The van der Waals surface area contributed by atoms with Gasteiger partial charge in [-0.3, -0.25) is 9.59 Å². The van der Waals surface area contributed by atoms with Gasteiger partial charge < -0.3 is 19.1 Å². The molecule has 1 fully saturated rings. The standard InChI is InChI=1S/C30H35BrClN3O3/c1-38-19-18-34(30(37)24-11-15-26(32)16-12-24)22-29(36)35(27-6-3-2-4-7-27)21-28-8-5-17-33(28)20-23-9-13-25(31)14-10-23/h5,8-17,27H,2-4,6-7,18-22H2,1H3. The van der Waals surface area contributed by atoms with Gasteiger partial charge in [0.1, 0.15) is 6.54 Å². The van der Waals surface area contributed by atoms with E-state index < -0.39 is 0 Å². The first-order valence-electron chi connectivity index (χ1n) is 13.2. The molecule has 4 rings (SSSR count). The summed E-state index contributed by atoms with van der Waals surface area (Å²) < 4.78 is 8.51. The van der Waals surface area contributed by atoms with Gasteiger partial charge in [0.05, 0.1) is 13.2 Å². The molecule has 1 aliphatic rings. The van der Waals surface area contributed by atoms with E-state index in [1.807, 2.05) is 23.1 Å². The molecular weight excluding hydrogens is 566 g/mol. The third kappa shape index (κ3) is 7.71. The highest BCUT2D eigenvalue weighted by molar-refractivity contribution is 9.10. The summed E-state index contributed by atoms with van der Waals surface area (Å²) in [6.07, 6.45) is 7.48. The van der Waals surface area contributed by atoms with Crippen LogP contribution in [-0.4, -0.2) is 59.0 Å². The van der Waals surface area contributed by atoms with Gasteiger partial charge in [-0.15, -0.1) is 0 Å². The molecule has 8 heteroatoms. The Kier molecular flexibility index (Phi) is 10.4. The molecule has 1 aromatic heterocycles. The van der Waals surface area contributed by atoms with Crippen molar-refractivity contribution in [2.45, 2.75) is 51.2 Å². The summed E-state index contributed by atoms with van der Waals surface area (Å²) in [4.78, 5) is 30.8. The fourth-order valence-corrected chi connectivity index (χ4v) is 5.40. The van der Waals surface area contributed by atoms with Gasteiger partial charge in [0, 0.05) is 53.2 Å². The van der Waals surface area contributed by atoms with E-state index in [1.165, 1.54) is 12.0 Å². The lowest BCUT2D eigenvalue weighted by molar-refractivity contribution is -0.135. The van der Waals surface area contributed by atoms with Crippen LogP contribution in [0.1, 0.15) is 53.7 Å². The number of hydrogen-bond acceptors (Lipinski definition) is 3. The first-order chi connectivity index (χ1) is 18.4. The molecule has 0 radical (unpaired) electrons. The lowest BCUT2D eigenvalue weighted by Gasteiger charge is -2.36. The van der Waals surface area contributed by atoms with Crippen molar-refractivity contribution in [3.05, 3.63) is 93.2 Å². The summed E-state index contributed by atoms with van der Waals surface area (Å²) in [6.45, 7) is 1.95. The first-order valence-corrected chi connectivity index (χ1v) is 14.3. The van der Waals surface area contributed by atoms with Crippen LogP contribution in [0.15, 0.2) is 71.3 Å². The Hall–Kier alpha value is -2.61. The molecule has 3 aromatic rings. The highest BCUT2D eigenvalue weighted by Crippen LogP contribution is 2.25. The molecule has 0 spiro atoms. The minimum atomic E-state index is -0.200. The minimum Gasteiger partial charge on any atom is -0.383 e. The number of carbonyl (C=O) groups excluding carboxylic acids is 2. The van der Waals surface area contributed by atoms with E-state index in [2.05, 4.69) is 44.9 Å². The van der Waals surface area contributed by atoms with Gasteiger partial charge in [-0.05, 0) is 66.9 Å². The number of amides is 2. The maximum absolute atomic E-state index is 13.9. The summed E-state index contributed by atoms with van der Waals surface area (Å²) >= 11 is 9.52. The molecule has 6 nitrogen and oxygen atoms in total. The molecular formula is C30H35BrClN3O3. The third-order valence-electron chi connectivity index (χ3n) is 7.13. The van der Waals surface area contributed by atoms with Crippen LogP contribution in [0.25, 0.3) is 0 Å². The Morgan fingerprint density at radius 1 is 1.03 bits per heavy atom. The quantitative estimate of drug-likeness (QED) is 0.256. The minimum absolute atomic E-state index is 0.00867. The van der Waals surface area contributed by atoms with Crippen molar-refractivity contribution < 1.29 is 14.3 Å². The van der Waals surface area contributed by atoms with E-state index in [4.69, 9.17) is 16.3 Å². The Labute approximate surface area is 238 Å². The second-order valence-corrected chi connectivity index (χ2v) is 11.1. The maximum Gasteiger partial charge on any atom is 0.254 e. The molecule has 202 valence electrons. The van der Waals surface area contributed by atoms with Gasteiger partial charge in [-0.2, -0.15) is 0 Å². The average molecular weight is 601 g/mol. The lowest BCUT2D eigenvalue weighted by atomic mass is 9.94. The van der Waals surface area contributed by atoms with Crippen LogP contribution in [-0.2, 0) is 22.6 Å². The maximum atomic E-state index is 13.9. The topological polar surface area (TPSA) is 54.8 Å². The number of aromatic nitrogens is 1. The van der Waals surface area contributed by atoms with E-state index in [1.54, 1.807) is 36.3 Å². The lowest BCUT2D eigenvalue weighted by Crippen LogP contribution is -2.48. The van der Waals surface area contributed by atoms with E-state index >= 15 is 0 Å². The van der Waals surface area contributed by atoms with Gasteiger partial charge in [0.15, 0.2) is 0 Å². The second-order valence-electron chi connectivity index (χ2n) is 9.79. The SMILES string of the molecule is COCCN(CC(=O)N(Cc1cccn1Cc1ccc(Br)cc1)C1CCCCC1)C(=O)c1ccc(Cl)cc1. The number of methoxy groups -OCH3 is 1. The second kappa shape index (κ2) is 14.0. The zero-order valence-electron chi connectivity index (χ0n) is 21.8. The molecule has 1 saturated carbocycles. The van der Waals surface area contributed by atoms with E-state index in [9.17, 15) is 9.59 Å². The molecule has 2 amide bonds. The number of ether oxygens (including phenoxy) is 1. The predicted molar refractivity (Wildman–Crippen MR) is 154 cm³/mol. The smallest absolute Gasteiger partial charge is 0.254 e. The van der Waals surface area contributed by atoms with Crippen LogP contribution in [0.5, 0.6) is 0 Å². The summed E-state index contributed by atoms with van der Waals surface area (Å²) in [5, 5.41) is 0.565. The zero-order valence-corrected chi connectivity index (χ0v) is 24.2. The third-order valence-corrected chi connectivity index (χ3v) is 7.91. The van der Waals surface area contributed by atoms with Crippen molar-refractivity contribution >= 4 is 39.3 Å². The summed E-state index contributed by atoms with van der Waals surface area (Å²) in [5.74, 6) is -0.235. The highest BCUT2D eigenvalue weighted by Gasteiger charge is 2.29. The molecule has 2 aromatic carbocycles. The Bertz CT molecular complexity index is 1190. The molecule has 0 bridgehead atoms. The van der Waals surface area contributed by atoms with Crippen LogP contribution < -0.4 is 0 Å². The summed E-state index contributed by atoms with van der Waals surface area (Å²) in [6, 6.07) is 19.4. The first kappa shape index (κ1) is 28.4. The Balaban J connectivity index is 1.54. The van der Waals surface area contributed by atoms with Gasteiger partial charge in [-0.1, -0.05) is 58.9 Å². The molecule has 0 N–H and O–H groups in total. The largest absolute Gasteiger partial charge is 0.383 e. The molecule has 1 aliphatic carbocycles. The Morgan fingerprint density at radius 3 is 2.42 bits per heavy atom. The summed E-state index contributed by atoms with van der Waals surface area (Å²) in [5.41, 5.74) is 2.78. The molecule has 1 heterocycles. The number of carbonyl (C=O) groups is 2. The Morgan fingerprint density at radius 2 is 1.74 bits per heavy atom. The van der Waals surface area contributed by atoms with Crippen molar-refractivity contribution in [1.29, 1.82) is 0 Å². The van der Waals surface area contributed by atoms with Crippen LogP contribution >= 0.6 is 27.5 Å². The number of halogens is 2. The number of rotatable bonds is 11. The van der Waals surface area contributed by atoms with Crippen LogP contribution in [0.2, 0.25) is 5.02 Å². The van der Waals surface area contributed by atoms with Crippen molar-refractivity contribution in [3.63, 3.8) is 0 Å². The van der Waals surface area contributed by atoms with Crippen LogP contribution in [0, 0.1) is 0 Å². The number of nitrogens with zero attached hydrogens (tertiary/aromatic N) is 3. The summed E-state index contributed by atoms with van der Waals surface area (Å²) in [7, 11) is 1.60. The fraction of sp³-hybridized carbons (Fsp3) is 0.400. The van der Waals surface area contributed by atoms with Gasteiger partial charge >= 0.3 is 0 Å². The monoisotopic (exact) mass is 599 g/mol. The molecule has 38 heavy (non-hydrogen) atoms. The molecule has 0 aliphatic heterocycles. The number of benzene rings is 2. The van der Waals surface area contributed by atoms with Crippen molar-refractivity contribution in [3.8, 4) is 0 Å². The van der Waals surface area contributed by atoms with Crippen LogP contribution in [0.3, 0.4) is 0 Å². The van der Waals surface area contributed by atoms with Gasteiger partial charge in [0.2, 0.25) is 5.91 Å². The number of hydrogen-bond donors (Lipinski definition) is 0. The van der Waals surface area contributed by atoms with E-state index in [0.717, 1.165) is 42.4 Å². The van der Waals surface area contributed by atoms with Gasteiger partial charge in [-0.25, -0.2) is 0 Å². The van der Waals surface area contributed by atoms with Crippen molar-refractivity contribution in [2.75, 3.05) is 26.8 Å². The fourth-order valence-electron chi connectivity index (χ4n) is 5.00. The van der Waals surface area contributed by atoms with E-state index in [-0.39, 0.29) is 24.4 Å². The van der Waals surface area contributed by atoms with Crippen molar-refractivity contribution in [2.24, 2.45) is 0 Å². The molecule has 0 unspecified atom stereocenters. The highest BCUT2D eigenvalue weighted by atomic mass is 79.9. The van der Waals surface area contributed by atoms with Crippen molar-refractivity contribution in [1.82, 2.24) is 14.4 Å². The predicted octanol–water partition coefficient (Wildman–Crippen LogP) is 6.40. The molecule has 0 saturated heterocycles. The average Bonchev–Trinajstić information content (AvgIpc) is 3.37. The normalized spacial score (nSPS) is 13.9. The zero-order chi connectivity index (χ0) is 26.9. The van der Waals surface area contributed by atoms with E-state index in [0.29, 0.717) is 30.3 Å². The molecule has 0 atom stereocenters. The van der Waals surface area contributed by atoms with Gasteiger partial charge in [0.25, 0.3) is 5.91 Å².